The number of amides is 1. The number of alkyl halides is 3. The molecule has 5 nitrogen and oxygen atoms in total. The van der Waals surface area contributed by atoms with Gasteiger partial charge in [-0.1, -0.05) is 12.1 Å². The Morgan fingerprint density at radius 1 is 1.14 bits per heavy atom. The summed E-state index contributed by atoms with van der Waals surface area (Å²) in [7, 11) is 0. The lowest BCUT2D eigenvalue weighted by molar-refractivity contribution is -0.139. The molecule has 1 aliphatic heterocycles. The van der Waals surface area contributed by atoms with Crippen LogP contribution in [0.2, 0.25) is 0 Å². The van der Waals surface area contributed by atoms with E-state index < -0.39 is 17.8 Å². The average Bonchev–Trinajstić information content (AvgIpc) is 3.14. The number of carbonyl (C=O) groups is 2. The van der Waals surface area contributed by atoms with Crippen LogP contribution in [0.25, 0.3) is 0 Å². The highest BCUT2D eigenvalue weighted by Crippen LogP contribution is 2.36. The summed E-state index contributed by atoms with van der Waals surface area (Å²) in [6.45, 7) is 0.371. The zero-order valence-electron chi connectivity index (χ0n) is 14.8. The van der Waals surface area contributed by atoms with Crippen molar-refractivity contribution in [1.29, 1.82) is 0 Å². The van der Waals surface area contributed by atoms with E-state index in [2.05, 4.69) is 0 Å². The maximum atomic E-state index is 13.1. The van der Waals surface area contributed by atoms with Gasteiger partial charge in [-0.3, -0.25) is 9.59 Å². The van der Waals surface area contributed by atoms with Gasteiger partial charge in [0.05, 0.1) is 12.1 Å². The Bertz CT molecular complexity index is 836. The summed E-state index contributed by atoms with van der Waals surface area (Å²) in [5, 5.41) is 0. The third-order valence-corrected chi connectivity index (χ3v) is 4.36. The zero-order chi connectivity index (χ0) is 20.1. The molecule has 1 aliphatic rings. The van der Waals surface area contributed by atoms with E-state index in [1.165, 1.54) is 23.1 Å². The molecule has 0 N–H and O–H groups in total. The molecule has 148 valence electrons. The maximum absolute atomic E-state index is 13.1. The number of benzene rings is 2. The summed E-state index contributed by atoms with van der Waals surface area (Å²) >= 11 is 0. The topological polar surface area (TPSA) is 55.8 Å². The molecule has 0 saturated carbocycles. The molecular weight excluding hydrogens is 375 g/mol. The summed E-state index contributed by atoms with van der Waals surface area (Å²) in [6, 6.07) is 11.3. The number of hydrogen-bond donors (Lipinski definition) is 0. The minimum absolute atomic E-state index is 0.193. The van der Waals surface area contributed by atoms with Crippen LogP contribution in [-0.2, 0) is 11.0 Å². The fourth-order valence-corrected chi connectivity index (χ4v) is 2.91. The average molecular weight is 393 g/mol. The van der Waals surface area contributed by atoms with E-state index >= 15 is 0 Å². The van der Waals surface area contributed by atoms with Crippen LogP contribution in [0.5, 0.6) is 11.5 Å². The van der Waals surface area contributed by atoms with Crippen molar-refractivity contribution < 1.29 is 32.2 Å². The second-order valence-electron chi connectivity index (χ2n) is 6.34. The van der Waals surface area contributed by atoms with Crippen LogP contribution in [0, 0.1) is 0 Å². The predicted octanol–water partition coefficient (Wildman–Crippen LogP) is 3.58. The monoisotopic (exact) mass is 393 g/mol. The third kappa shape index (κ3) is 4.82. The summed E-state index contributed by atoms with van der Waals surface area (Å²) in [5.74, 6) is -0.0689. The molecule has 1 heterocycles. The van der Waals surface area contributed by atoms with E-state index in [0.717, 1.165) is 6.07 Å². The normalized spacial score (nSPS) is 16.7. The van der Waals surface area contributed by atoms with Crippen LogP contribution in [0.4, 0.5) is 13.2 Å². The van der Waals surface area contributed by atoms with Gasteiger partial charge >= 0.3 is 6.18 Å². The Kier molecular flexibility index (Phi) is 5.87. The van der Waals surface area contributed by atoms with Crippen LogP contribution in [0.1, 0.15) is 22.3 Å². The van der Waals surface area contributed by atoms with E-state index in [-0.39, 0.29) is 24.8 Å². The molecule has 8 heteroatoms. The lowest BCUT2D eigenvalue weighted by Crippen LogP contribution is -2.34. The SMILES string of the molecule is O=Cc1ccc(OCC(=O)N2CC[C@H](Oc3ccccc3C(F)(F)F)C2)cc1. The van der Waals surface area contributed by atoms with Crippen molar-refractivity contribution >= 4 is 12.2 Å². The van der Waals surface area contributed by atoms with E-state index in [0.29, 0.717) is 30.6 Å². The quantitative estimate of drug-likeness (QED) is 0.704. The number of hydrogen-bond acceptors (Lipinski definition) is 4. The van der Waals surface area contributed by atoms with E-state index in [4.69, 9.17) is 9.47 Å². The molecule has 0 aromatic heterocycles. The largest absolute Gasteiger partial charge is 0.488 e. The number of carbonyl (C=O) groups excluding carboxylic acids is 2. The summed E-state index contributed by atoms with van der Waals surface area (Å²) in [4.78, 5) is 24.4. The molecule has 2 aromatic carbocycles. The molecule has 1 saturated heterocycles. The van der Waals surface area contributed by atoms with E-state index in [1.54, 1.807) is 24.3 Å². The van der Waals surface area contributed by atoms with Gasteiger partial charge in [-0.15, -0.1) is 0 Å². The van der Waals surface area contributed by atoms with Gasteiger partial charge in [-0.25, -0.2) is 0 Å². The van der Waals surface area contributed by atoms with E-state index in [1.807, 2.05) is 0 Å². The Morgan fingerprint density at radius 3 is 2.54 bits per heavy atom. The fraction of sp³-hybridized carbons (Fsp3) is 0.300. The van der Waals surface area contributed by atoms with Crippen LogP contribution >= 0.6 is 0 Å². The van der Waals surface area contributed by atoms with Crippen molar-refractivity contribution in [2.75, 3.05) is 19.7 Å². The standard InChI is InChI=1S/C20H18F3NO4/c21-20(22,23)17-3-1-2-4-18(17)28-16-9-10-24(11-16)19(26)13-27-15-7-5-14(12-25)6-8-15/h1-8,12,16H,9-11,13H2/t16-/m0/s1. The van der Waals surface area contributed by atoms with Crippen molar-refractivity contribution in [3.8, 4) is 11.5 Å². The molecule has 3 rings (SSSR count). The molecule has 1 atom stereocenters. The van der Waals surface area contributed by atoms with Crippen LogP contribution in [0.3, 0.4) is 0 Å². The van der Waals surface area contributed by atoms with Gasteiger partial charge < -0.3 is 14.4 Å². The maximum Gasteiger partial charge on any atom is 0.419 e. The number of nitrogens with zero attached hydrogens (tertiary/aromatic N) is 1. The van der Waals surface area contributed by atoms with Crippen molar-refractivity contribution in [3.05, 3.63) is 59.7 Å². The van der Waals surface area contributed by atoms with Gasteiger partial charge in [0, 0.05) is 18.5 Å². The van der Waals surface area contributed by atoms with Crippen molar-refractivity contribution in [2.45, 2.75) is 18.7 Å². The number of ether oxygens (including phenoxy) is 2. The van der Waals surface area contributed by atoms with Crippen molar-refractivity contribution in [3.63, 3.8) is 0 Å². The van der Waals surface area contributed by atoms with Crippen LogP contribution < -0.4 is 9.47 Å². The Hall–Kier alpha value is -3.03. The summed E-state index contributed by atoms with van der Waals surface area (Å²) < 4.78 is 50.1. The lowest BCUT2D eigenvalue weighted by Gasteiger charge is -2.19. The van der Waals surface area contributed by atoms with Crippen LogP contribution in [0.15, 0.2) is 48.5 Å². The minimum atomic E-state index is -4.50. The molecule has 2 aromatic rings. The molecule has 0 spiro atoms. The molecule has 0 bridgehead atoms. The van der Waals surface area contributed by atoms with Crippen molar-refractivity contribution in [2.24, 2.45) is 0 Å². The molecule has 0 radical (unpaired) electrons. The Morgan fingerprint density at radius 2 is 1.86 bits per heavy atom. The number of aldehydes is 1. The lowest BCUT2D eigenvalue weighted by atomic mass is 10.2. The van der Waals surface area contributed by atoms with Crippen molar-refractivity contribution in [1.82, 2.24) is 4.90 Å². The Labute approximate surface area is 159 Å². The van der Waals surface area contributed by atoms with E-state index in [9.17, 15) is 22.8 Å². The molecular formula is C20H18F3NO4. The first-order chi connectivity index (χ1) is 13.4. The summed E-state index contributed by atoms with van der Waals surface area (Å²) in [6.07, 6.45) is -3.88. The van der Waals surface area contributed by atoms with Gasteiger partial charge in [0.2, 0.25) is 0 Å². The molecule has 28 heavy (non-hydrogen) atoms. The molecule has 0 aliphatic carbocycles. The first kappa shape index (κ1) is 19.7. The number of halogens is 3. The highest BCUT2D eigenvalue weighted by atomic mass is 19.4. The highest BCUT2D eigenvalue weighted by Gasteiger charge is 2.36. The fourth-order valence-electron chi connectivity index (χ4n) is 2.91. The zero-order valence-corrected chi connectivity index (χ0v) is 14.8. The van der Waals surface area contributed by atoms with Gasteiger partial charge in [0.1, 0.15) is 23.9 Å². The molecule has 1 amide bonds. The van der Waals surface area contributed by atoms with Gasteiger partial charge in [0.15, 0.2) is 6.61 Å². The summed E-state index contributed by atoms with van der Waals surface area (Å²) in [5.41, 5.74) is -0.334. The van der Waals surface area contributed by atoms with Gasteiger partial charge in [0.25, 0.3) is 5.91 Å². The highest BCUT2D eigenvalue weighted by molar-refractivity contribution is 5.78. The minimum Gasteiger partial charge on any atom is -0.488 e. The number of para-hydroxylation sites is 1. The predicted molar refractivity (Wildman–Crippen MR) is 94.4 cm³/mol. The Balaban J connectivity index is 1.53. The second-order valence-corrected chi connectivity index (χ2v) is 6.34. The van der Waals surface area contributed by atoms with Gasteiger partial charge in [-0.2, -0.15) is 13.2 Å². The number of likely N-dealkylation sites (tertiary alicyclic amines) is 1. The molecule has 1 fully saturated rings. The smallest absolute Gasteiger partial charge is 0.419 e. The second kappa shape index (κ2) is 8.33. The first-order valence-corrected chi connectivity index (χ1v) is 8.65. The van der Waals surface area contributed by atoms with Crippen LogP contribution in [-0.4, -0.2) is 42.9 Å². The third-order valence-electron chi connectivity index (χ3n) is 4.36. The van der Waals surface area contributed by atoms with Gasteiger partial charge in [-0.05, 0) is 36.4 Å². The number of rotatable bonds is 6. The molecule has 0 unspecified atom stereocenters. The first-order valence-electron chi connectivity index (χ1n) is 8.65.